The molecule has 2 heterocycles. The van der Waals surface area contributed by atoms with Gasteiger partial charge in [-0.05, 0) is 25.7 Å². The van der Waals surface area contributed by atoms with Gasteiger partial charge >= 0.3 is 192 Å². The number of hydrogen-bond donors (Lipinski definition) is 1. The van der Waals surface area contributed by atoms with E-state index in [0.29, 0.717) is 0 Å². The predicted octanol–water partition coefficient (Wildman–Crippen LogP) is 11.8. The Morgan fingerprint density at radius 2 is 1.53 bits per heavy atom. The molecule has 2 aromatic heterocycles. The average molecular weight is 888 g/mol. The minimum atomic E-state index is -1.99. The minimum absolute atomic E-state index is 0. The Morgan fingerprint density at radius 1 is 0.915 bits per heavy atom. The largest absolute Gasteiger partial charge is 0.512 e. The number of aliphatic hydroxyl groups is 1. The second kappa shape index (κ2) is 16.4. The van der Waals surface area contributed by atoms with Crippen molar-refractivity contribution in [2.24, 2.45) is 11.8 Å². The number of nitrogens with zero attached hydrogens (tertiary/aromatic N) is 1. The zero-order chi connectivity index (χ0) is 33.8. The molecule has 0 aliphatic heterocycles. The first-order valence-corrected chi connectivity index (χ1v) is 25.1. The molecule has 3 nitrogen and oxygen atoms in total. The van der Waals surface area contributed by atoms with Gasteiger partial charge in [0, 0.05) is 38.0 Å². The number of allylic oxidation sites excluding steroid dienone is 2. The van der Waals surface area contributed by atoms with Crippen LogP contribution >= 0.6 is 11.3 Å². The normalized spacial score (nSPS) is 12.5. The van der Waals surface area contributed by atoms with Crippen molar-refractivity contribution < 1.29 is 30.0 Å². The Morgan fingerprint density at radius 3 is 2.13 bits per heavy atom. The van der Waals surface area contributed by atoms with Crippen LogP contribution in [0.4, 0.5) is 0 Å². The number of carbonyl (C=O) groups excluding carboxylic acids is 1. The molecule has 5 aromatic rings. The fourth-order valence-electron chi connectivity index (χ4n) is 6.30. The van der Waals surface area contributed by atoms with Crippen molar-refractivity contribution in [3.05, 3.63) is 84.3 Å². The summed E-state index contributed by atoms with van der Waals surface area (Å²) in [5, 5.41) is 14.8. The topological polar surface area (TPSA) is 50.2 Å². The predicted molar refractivity (Wildman–Crippen MR) is 204 cm³/mol. The van der Waals surface area contributed by atoms with Crippen LogP contribution in [0.5, 0.6) is 0 Å². The molecule has 0 unspecified atom stereocenters. The average Bonchev–Trinajstić information content (AvgIpc) is 3.40. The van der Waals surface area contributed by atoms with Crippen molar-refractivity contribution >= 4 is 65.7 Å². The summed E-state index contributed by atoms with van der Waals surface area (Å²) in [4.78, 5) is 16.6. The number of aliphatic hydroxyl groups excluding tert-OH is 1. The Hall–Kier alpha value is -2.31. The molecule has 253 valence electrons. The van der Waals surface area contributed by atoms with Gasteiger partial charge < -0.3 is 5.11 Å². The van der Waals surface area contributed by atoms with Crippen LogP contribution in [0.25, 0.3) is 42.2 Å². The summed E-state index contributed by atoms with van der Waals surface area (Å²) in [6.07, 6.45) is 6.87. The number of thiophene rings is 1. The molecular formula is C41H52GeIrNO2S-. The Labute approximate surface area is 303 Å². The molecule has 6 heteroatoms. The van der Waals surface area contributed by atoms with E-state index in [1.807, 2.05) is 45.2 Å². The summed E-state index contributed by atoms with van der Waals surface area (Å²) in [5.74, 6) is 7.98. The molecule has 0 aliphatic rings. The van der Waals surface area contributed by atoms with Gasteiger partial charge in [-0.15, -0.1) is 0 Å². The first-order chi connectivity index (χ1) is 21.7. The molecule has 0 fully saturated rings. The summed E-state index contributed by atoms with van der Waals surface area (Å²) in [5.41, 5.74) is 3.54. The molecule has 0 amide bonds. The van der Waals surface area contributed by atoms with Crippen LogP contribution in [0, 0.1) is 17.9 Å². The maximum Gasteiger partial charge on any atom is 0.162 e. The van der Waals surface area contributed by atoms with E-state index < -0.39 is 13.3 Å². The van der Waals surface area contributed by atoms with Gasteiger partial charge in [0.2, 0.25) is 0 Å². The standard InChI is InChI=1S/C28H28GeNS.C13H24O2.Ir/c1-28(2,3)22-17-19(16-18-10-7-8-11-20(18)22)26-25-21-12-9-13-23(29(4,5)6)27(21)31-24(25)14-15-30-26;1-5-10(6-2)12(14)9-13(15)11(7-3)8-4;/h7-15,17H,1-6H3;9-11,14H,5-8H2,1-4H3;/q-1;;/b;12-9-;. The van der Waals surface area contributed by atoms with Gasteiger partial charge in [-0.3, -0.25) is 4.79 Å². The van der Waals surface area contributed by atoms with Crippen LogP contribution in [-0.2, 0) is 30.3 Å². The van der Waals surface area contributed by atoms with Gasteiger partial charge in [-0.2, -0.15) is 0 Å². The zero-order valence-electron chi connectivity index (χ0n) is 29.9. The number of benzene rings is 3. The van der Waals surface area contributed by atoms with Crippen molar-refractivity contribution in [2.75, 3.05) is 0 Å². The fourth-order valence-corrected chi connectivity index (χ4v) is 12.3. The molecule has 0 bridgehead atoms. The van der Waals surface area contributed by atoms with Crippen LogP contribution in [-0.4, -0.2) is 29.1 Å². The van der Waals surface area contributed by atoms with Crippen molar-refractivity contribution in [1.29, 1.82) is 0 Å². The Kier molecular flexibility index (Phi) is 13.7. The molecule has 0 aliphatic carbocycles. The number of carbonyl (C=O) groups is 1. The first-order valence-electron chi connectivity index (χ1n) is 17.0. The van der Waals surface area contributed by atoms with Gasteiger partial charge in [0.15, 0.2) is 5.78 Å². The Balaban J connectivity index is 0.000000322. The van der Waals surface area contributed by atoms with Crippen molar-refractivity contribution in [3.8, 4) is 11.3 Å². The first kappa shape index (κ1) is 39.1. The number of hydrogen-bond acceptors (Lipinski definition) is 4. The van der Waals surface area contributed by atoms with Crippen LogP contribution in [0.1, 0.15) is 79.7 Å². The van der Waals surface area contributed by atoms with Crippen molar-refractivity contribution in [2.45, 2.75) is 96.8 Å². The van der Waals surface area contributed by atoms with E-state index in [1.165, 1.54) is 37.2 Å². The fraction of sp³-hybridized carbons (Fsp3) is 0.415. The van der Waals surface area contributed by atoms with E-state index >= 15 is 0 Å². The maximum atomic E-state index is 11.7. The number of pyridine rings is 1. The van der Waals surface area contributed by atoms with Crippen LogP contribution < -0.4 is 4.40 Å². The summed E-state index contributed by atoms with van der Waals surface area (Å²) < 4.78 is 4.36. The summed E-state index contributed by atoms with van der Waals surface area (Å²) in [6, 6.07) is 23.7. The number of fused-ring (bicyclic) bond motifs is 4. The number of rotatable bonds is 9. The second-order valence-electron chi connectivity index (χ2n) is 14.5. The van der Waals surface area contributed by atoms with E-state index in [4.69, 9.17) is 4.98 Å². The summed E-state index contributed by atoms with van der Waals surface area (Å²) >= 11 is -0.0555. The molecule has 47 heavy (non-hydrogen) atoms. The molecule has 0 spiro atoms. The van der Waals surface area contributed by atoms with Crippen LogP contribution in [0.2, 0.25) is 17.3 Å². The third-order valence-corrected chi connectivity index (χ3v) is 15.0. The summed E-state index contributed by atoms with van der Waals surface area (Å²) in [7, 11) is 0. The zero-order valence-corrected chi connectivity index (χ0v) is 35.2. The van der Waals surface area contributed by atoms with Gasteiger partial charge in [-0.25, -0.2) is 0 Å². The van der Waals surface area contributed by atoms with Gasteiger partial charge in [0.05, 0.1) is 5.76 Å². The monoisotopic (exact) mass is 889 g/mol. The summed E-state index contributed by atoms with van der Waals surface area (Å²) in [6.45, 7) is 14.9. The molecule has 1 N–H and O–H groups in total. The molecule has 0 atom stereocenters. The van der Waals surface area contributed by atoms with Crippen molar-refractivity contribution in [1.82, 2.24) is 4.98 Å². The smallest absolute Gasteiger partial charge is 0.162 e. The molecule has 5 rings (SSSR count). The van der Waals surface area contributed by atoms with Gasteiger partial charge in [0.1, 0.15) is 0 Å². The second-order valence-corrected chi connectivity index (χ2v) is 26.1. The number of ketones is 1. The van der Waals surface area contributed by atoms with E-state index in [1.54, 1.807) is 4.40 Å². The van der Waals surface area contributed by atoms with Crippen molar-refractivity contribution in [3.63, 3.8) is 0 Å². The molecule has 0 saturated carbocycles. The molecule has 3 aromatic carbocycles. The van der Waals surface area contributed by atoms with E-state index in [-0.39, 0.29) is 48.9 Å². The third-order valence-electron chi connectivity index (χ3n) is 9.14. The quantitative estimate of drug-likeness (QED) is 0.0694. The van der Waals surface area contributed by atoms with Gasteiger partial charge in [0.25, 0.3) is 0 Å². The molecule has 1 radical (unpaired) electrons. The van der Waals surface area contributed by atoms with E-state index in [0.717, 1.165) is 42.3 Å². The number of aromatic nitrogens is 1. The van der Waals surface area contributed by atoms with E-state index in [2.05, 4.69) is 98.7 Å². The van der Waals surface area contributed by atoms with Crippen LogP contribution in [0.3, 0.4) is 0 Å². The van der Waals surface area contributed by atoms with E-state index in [9.17, 15) is 9.90 Å². The maximum absolute atomic E-state index is 11.7. The SMILES string of the molecule is CC(C)(C)c1cc(-c2nccc3sc4[c]([Ge]([CH3])([CH3])[CH3])cccc4c23)[c-]c2ccccc12.CCC(CC)C(=O)/C=C(\O)C(CC)CC.[Ir]. The minimum Gasteiger partial charge on any atom is -0.512 e. The molecule has 0 saturated heterocycles. The Bertz CT molecular complexity index is 1850. The molecular weight excluding hydrogens is 835 g/mol. The van der Waals surface area contributed by atoms with Gasteiger partial charge in [-0.1, -0.05) is 27.7 Å². The van der Waals surface area contributed by atoms with Crippen LogP contribution in [0.15, 0.2) is 72.6 Å². The third kappa shape index (κ3) is 8.84.